The van der Waals surface area contributed by atoms with E-state index in [2.05, 4.69) is 15.3 Å². The fourth-order valence-electron chi connectivity index (χ4n) is 2.29. The molecule has 1 heterocycles. The number of halogens is 5. The van der Waals surface area contributed by atoms with E-state index >= 15 is 0 Å². The van der Waals surface area contributed by atoms with E-state index in [1.165, 1.54) is 31.4 Å². The summed E-state index contributed by atoms with van der Waals surface area (Å²) in [5, 5.41) is 3.14. The minimum absolute atomic E-state index is 0.00283. The maximum absolute atomic E-state index is 13.7. The molecular weight excluding hydrogens is 477 g/mol. The van der Waals surface area contributed by atoms with Gasteiger partial charge in [-0.25, -0.2) is 13.4 Å². The Morgan fingerprint density at radius 1 is 1.18 bits per heavy atom. The van der Waals surface area contributed by atoms with E-state index < -0.39 is 51.2 Å². The van der Waals surface area contributed by atoms with Gasteiger partial charge in [-0.2, -0.15) is 26.9 Å². The van der Waals surface area contributed by atoms with Crippen LogP contribution in [0, 0.1) is 0 Å². The summed E-state index contributed by atoms with van der Waals surface area (Å²) in [6, 6.07) is 6.28. The third-order valence-electron chi connectivity index (χ3n) is 3.81. The molecule has 2 rings (SSSR count). The molecule has 0 saturated heterocycles. The number of alkyl halides is 5. The highest BCUT2D eigenvalue weighted by molar-refractivity contribution is 7.93. The summed E-state index contributed by atoms with van der Waals surface area (Å²) in [5.41, 5.74) is -0.575. The van der Waals surface area contributed by atoms with Crippen LogP contribution in [0.3, 0.4) is 0 Å². The highest BCUT2D eigenvalue weighted by atomic mass is 32.2. The first kappa shape index (κ1) is 26.1. The van der Waals surface area contributed by atoms with Crippen LogP contribution in [0.25, 0.3) is 0 Å². The Bertz CT molecular complexity index is 1110. The van der Waals surface area contributed by atoms with Crippen molar-refractivity contribution in [1.29, 1.82) is 0 Å². The van der Waals surface area contributed by atoms with Crippen molar-refractivity contribution in [1.82, 2.24) is 15.3 Å². The largest absolute Gasteiger partial charge is 0.461 e. The van der Waals surface area contributed by atoms with Crippen LogP contribution < -0.4 is 10.1 Å². The lowest BCUT2D eigenvalue weighted by atomic mass is 10.2. The van der Waals surface area contributed by atoms with Crippen molar-refractivity contribution < 1.29 is 44.6 Å². The number of methoxy groups -OCH3 is 1. The standard InChI is InChI=1S/C19H18F5N3O5S/c1-31-11-12(8-9-33(2,29)30)26-15(28)14-10-25-17(18(20,21)19(22,23)24)27-16(14)32-13-6-4-3-5-7-13/h3-10,12H,11H2,1-2H3,(H,26,28)/b9-8+. The van der Waals surface area contributed by atoms with Crippen LogP contribution >= 0.6 is 0 Å². The van der Waals surface area contributed by atoms with Crippen molar-refractivity contribution in [3.8, 4) is 11.6 Å². The van der Waals surface area contributed by atoms with E-state index in [0.29, 0.717) is 6.20 Å². The smallest absolute Gasteiger partial charge is 0.438 e. The van der Waals surface area contributed by atoms with Gasteiger partial charge in [0.2, 0.25) is 11.7 Å². The van der Waals surface area contributed by atoms with Gasteiger partial charge < -0.3 is 14.8 Å². The lowest BCUT2D eigenvalue weighted by Crippen LogP contribution is -2.38. The van der Waals surface area contributed by atoms with E-state index in [-0.39, 0.29) is 12.4 Å². The van der Waals surface area contributed by atoms with Crippen molar-refractivity contribution >= 4 is 15.7 Å². The number of carbonyl (C=O) groups excluding carboxylic acids is 1. The Morgan fingerprint density at radius 3 is 2.36 bits per heavy atom. The number of nitrogens with zero attached hydrogens (tertiary/aromatic N) is 2. The molecular formula is C19H18F5N3O5S. The molecule has 33 heavy (non-hydrogen) atoms. The van der Waals surface area contributed by atoms with Crippen molar-refractivity contribution in [3.63, 3.8) is 0 Å². The van der Waals surface area contributed by atoms with E-state index in [4.69, 9.17) is 9.47 Å². The summed E-state index contributed by atoms with van der Waals surface area (Å²) in [7, 11) is -2.28. The molecule has 1 aromatic carbocycles. The Morgan fingerprint density at radius 2 is 1.82 bits per heavy atom. The maximum atomic E-state index is 13.7. The lowest BCUT2D eigenvalue weighted by Gasteiger charge is -2.20. The second kappa shape index (κ2) is 10.2. The van der Waals surface area contributed by atoms with Crippen LogP contribution in [0.4, 0.5) is 22.0 Å². The van der Waals surface area contributed by atoms with Gasteiger partial charge >= 0.3 is 12.1 Å². The van der Waals surface area contributed by atoms with Gasteiger partial charge in [-0.05, 0) is 18.2 Å². The number of hydrogen-bond acceptors (Lipinski definition) is 7. The molecule has 180 valence electrons. The molecule has 0 aliphatic rings. The molecule has 0 aliphatic carbocycles. The van der Waals surface area contributed by atoms with Crippen LogP contribution in [-0.2, 0) is 20.5 Å². The van der Waals surface area contributed by atoms with Gasteiger partial charge in [0.15, 0.2) is 9.84 Å². The fraction of sp³-hybridized carbons (Fsp3) is 0.316. The molecule has 1 aromatic heterocycles. The van der Waals surface area contributed by atoms with E-state index in [1.54, 1.807) is 6.07 Å². The Kier molecular flexibility index (Phi) is 8.08. The first-order chi connectivity index (χ1) is 15.2. The number of sulfone groups is 1. The predicted octanol–water partition coefficient (Wildman–Crippen LogP) is 3.23. The zero-order valence-corrected chi connectivity index (χ0v) is 18.0. The number of amides is 1. The summed E-state index contributed by atoms with van der Waals surface area (Å²) in [5.74, 6) is -9.23. The Balaban J connectivity index is 2.47. The van der Waals surface area contributed by atoms with Gasteiger partial charge in [0.25, 0.3) is 5.91 Å². The van der Waals surface area contributed by atoms with Crippen molar-refractivity contribution in [3.05, 3.63) is 59.4 Å². The summed E-state index contributed by atoms with van der Waals surface area (Å²) in [6.45, 7) is -0.183. The average molecular weight is 495 g/mol. The summed E-state index contributed by atoms with van der Waals surface area (Å²) >= 11 is 0. The SMILES string of the molecule is COCC(/C=C/S(C)(=O)=O)NC(=O)c1cnc(C(F)(F)C(F)(F)F)nc1Oc1ccccc1. The number of nitrogens with one attached hydrogen (secondary N) is 1. The third-order valence-corrected chi connectivity index (χ3v) is 4.47. The number of rotatable bonds is 9. The van der Waals surface area contributed by atoms with Crippen LogP contribution in [0.15, 0.2) is 48.0 Å². The minimum Gasteiger partial charge on any atom is -0.438 e. The minimum atomic E-state index is -5.99. The molecule has 0 aliphatic heterocycles. The van der Waals surface area contributed by atoms with Crippen LogP contribution in [0.5, 0.6) is 11.6 Å². The molecule has 8 nitrogen and oxygen atoms in total. The zero-order chi connectivity index (χ0) is 24.9. The fourth-order valence-corrected chi connectivity index (χ4v) is 2.76. The number of aromatic nitrogens is 2. The molecule has 0 bridgehead atoms. The van der Waals surface area contributed by atoms with Gasteiger partial charge in [0, 0.05) is 25.0 Å². The van der Waals surface area contributed by atoms with Crippen molar-refractivity contribution in [2.24, 2.45) is 0 Å². The van der Waals surface area contributed by atoms with E-state index in [9.17, 15) is 35.2 Å². The summed E-state index contributed by atoms with van der Waals surface area (Å²) in [6.07, 6.45) is -3.52. The lowest BCUT2D eigenvalue weighted by molar-refractivity contribution is -0.292. The quantitative estimate of drug-likeness (QED) is 0.533. The first-order valence-electron chi connectivity index (χ1n) is 8.97. The number of ether oxygens (including phenoxy) is 2. The highest BCUT2D eigenvalue weighted by Gasteiger charge is 2.61. The van der Waals surface area contributed by atoms with E-state index in [1.807, 2.05) is 0 Å². The monoisotopic (exact) mass is 495 g/mol. The first-order valence-corrected chi connectivity index (χ1v) is 10.9. The Labute approximate surface area is 185 Å². The van der Waals surface area contributed by atoms with Gasteiger partial charge in [0.05, 0.1) is 12.6 Å². The van der Waals surface area contributed by atoms with Crippen molar-refractivity contribution in [2.45, 2.75) is 18.1 Å². The van der Waals surface area contributed by atoms with Crippen molar-refractivity contribution in [2.75, 3.05) is 20.0 Å². The molecule has 0 fully saturated rings. The molecule has 1 atom stereocenters. The molecule has 1 unspecified atom stereocenters. The number of benzene rings is 1. The number of para-hydroxylation sites is 1. The molecule has 0 spiro atoms. The Hall–Kier alpha value is -3.13. The highest BCUT2D eigenvalue weighted by Crippen LogP contribution is 2.43. The maximum Gasteiger partial charge on any atom is 0.461 e. The molecule has 0 saturated carbocycles. The van der Waals surface area contributed by atoms with Crippen LogP contribution in [0.2, 0.25) is 0 Å². The van der Waals surface area contributed by atoms with E-state index in [0.717, 1.165) is 17.7 Å². The van der Waals surface area contributed by atoms with Gasteiger partial charge in [-0.3, -0.25) is 4.79 Å². The van der Waals surface area contributed by atoms with Crippen LogP contribution in [-0.4, -0.2) is 56.5 Å². The molecule has 1 N–H and O–H groups in total. The molecule has 1 amide bonds. The number of carbonyl (C=O) groups is 1. The van der Waals surface area contributed by atoms with Gasteiger partial charge in [0.1, 0.15) is 11.3 Å². The summed E-state index contributed by atoms with van der Waals surface area (Å²) in [4.78, 5) is 18.9. The van der Waals surface area contributed by atoms with Gasteiger partial charge in [-0.1, -0.05) is 18.2 Å². The predicted molar refractivity (Wildman–Crippen MR) is 106 cm³/mol. The molecule has 14 heteroatoms. The molecule has 2 aromatic rings. The van der Waals surface area contributed by atoms with Gasteiger partial charge in [-0.15, -0.1) is 0 Å². The second-order valence-electron chi connectivity index (χ2n) is 6.59. The normalized spacial score (nSPS) is 13.7. The summed E-state index contributed by atoms with van der Waals surface area (Å²) < 4.78 is 98.6. The van der Waals surface area contributed by atoms with Crippen LogP contribution in [0.1, 0.15) is 16.2 Å². The molecule has 0 radical (unpaired) electrons. The second-order valence-corrected chi connectivity index (χ2v) is 8.52. The zero-order valence-electron chi connectivity index (χ0n) is 17.1. The average Bonchev–Trinajstić information content (AvgIpc) is 2.71. The number of hydrogen-bond donors (Lipinski definition) is 1. The third kappa shape index (κ3) is 7.18. The topological polar surface area (TPSA) is 107 Å².